The fourth-order valence-corrected chi connectivity index (χ4v) is 2.23. The van der Waals surface area contributed by atoms with Crippen LogP contribution in [-0.4, -0.2) is 9.97 Å². The zero-order chi connectivity index (χ0) is 11.5. The van der Waals surface area contributed by atoms with Gasteiger partial charge in [0.25, 0.3) is 0 Å². The zero-order valence-electron chi connectivity index (χ0n) is 9.69. The Balaban J connectivity index is 2.13. The summed E-state index contributed by atoms with van der Waals surface area (Å²) in [6.07, 6.45) is 1.80. The molecular weight excluding hydrogens is 218 g/mol. The first-order valence-electron chi connectivity index (χ1n) is 5.27. The molecule has 0 bridgehead atoms. The summed E-state index contributed by atoms with van der Waals surface area (Å²) in [5.41, 5.74) is 3.17. The van der Waals surface area contributed by atoms with E-state index >= 15 is 0 Å². The summed E-state index contributed by atoms with van der Waals surface area (Å²) in [6, 6.07) is 4.19. The van der Waals surface area contributed by atoms with Crippen molar-refractivity contribution in [3.8, 4) is 0 Å². The predicted molar refractivity (Wildman–Crippen MR) is 67.9 cm³/mol. The van der Waals surface area contributed by atoms with Gasteiger partial charge in [0.15, 0.2) is 0 Å². The normalized spacial score (nSPS) is 12.4. The topological polar surface area (TPSA) is 37.8 Å². The lowest BCUT2D eigenvalue weighted by molar-refractivity contribution is 0.841. The molecule has 2 aromatic rings. The quantitative estimate of drug-likeness (QED) is 0.883. The molecule has 2 aromatic heterocycles. The third-order valence-corrected chi connectivity index (χ3v) is 3.25. The van der Waals surface area contributed by atoms with Crippen molar-refractivity contribution in [3.63, 3.8) is 0 Å². The van der Waals surface area contributed by atoms with Gasteiger partial charge in [0.05, 0.1) is 28.1 Å². The molecule has 0 radical (unpaired) electrons. The van der Waals surface area contributed by atoms with E-state index in [9.17, 15) is 0 Å². The van der Waals surface area contributed by atoms with Crippen LogP contribution in [0.4, 0.5) is 5.69 Å². The van der Waals surface area contributed by atoms with Gasteiger partial charge in [0, 0.05) is 11.6 Å². The molecule has 1 atom stereocenters. The largest absolute Gasteiger partial charge is 0.375 e. The summed E-state index contributed by atoms with van der Waals surface area (Å²) in [6.45, 7) is 6.14. The van der Waals surface area contributed by atoms with E-state index in [2.05, 4.69) is 27.6 Å². The fraction of sp³-hybridized carbons (Fsp3) is 0.333. The van der Waals surface area contributed by atoms with Crippen LogP contribution in [0.3, 0.4) is 0 Å². The summed E-state index contributed by atoms with van der Waals surface area (Å²) in [5.74, 6) is 0. The van der Waals surface area contributed by atoms with Crippen LogP contribution < -0.4 is 5.32 Å². The average Bonchev–Trinajstić information content (AvgIpc) is 2.68. The smallest absolute Gasteiger partial charge is 0.0898 e. The molecule has 1 unspecified atom stereocenters. The molecule has 3 nitrogen and oxygen atoms in total. The number of hydrogen-bond donors (Lipinski definition) is 1. The van der Waals surface area contributed by atoms with Gasteiger partial charge in [-0.2, -0.15) is 0 Å². The van der Waals surface area contributed by atoms with Crippen LogP contribution >= 0.6 is 11.3 Å². The number of aromatic nitrogens is 2. The highest BCUT2D eigenvalue weighted by Crippen LogP contribution is 2.21. The van der Waals surface area contributed by atoms with Gasteiger partial charge in [-0.05, 0) is 32.9 Å². The number of thiazole rings is 1. The van der Waals surface area contributed by atoms with Gasteiger partial charge in [-0.3, -0.25) is 4.98 Å². The van der Waals surface area contributed by atoms with Crippen LogP contribution in [0.15, 0.2) is 23.7 Å². The van der Waals surface area contributed by atoms with E-state index in [-0.39, 0.29) is 6.04 Å². The first kappa shape index (κ1) is 11.1. The molecule has 0 saturated carbocycles. The number of pyridine rings is 1. The Hall–Kier alpha value is -1.42. The maximum absolute atomic E-state index is 4.47. The molecule has 0 aliphatic rings. The van der Waals surface area contributed by atoms with Crippen molar-refractivity contribution in [2.45, 2.75) is 26.8 Å². The van der Waals surface area contributed by atoms with Crippen LogP contribution in [0, 0.1) is 13.8 Å². The molecule has 2 rings (SSSR count). The second kappa shape index (κ2) is 4.61. The van der Waals surface area contributed by atoms with Gasteiger partial charge in [-0.25, -0.2) is 4.98 Å². The summed E-state index contributed by atoms with van der Waals surface area (Å²) >= 11 is 1.68. The van der Waals surface area contributed by atoms with Crippen LogP contribution in [0.1, 0.15) is 29.4 Å². The summed E-state index contributed by atoms with van der Waals surface area (Å²) in [7, 11) is 0. The number of nitrogens with zero attached hydrogens (tertiary/aromatic N) is 2. The van der Waals surface area contributed by atoms with Gasteiger partial charge in [-0.1, -0.05) is 0 Å². The van der Waals surface area contributed by atoms with E-state index < -0.39 is 0 Å². The first-order valence-corrected chi connectivity index (χ1v) is 6.15. The Morgan fingerprint density at radius 2 is 2.19 bits per heavy atom. The fourth-order valence-electron chi connectivity index (χ4n) is 1.52. The van der Waals surface area contributed by atoms with Crippen molar-refractivity contribution in [1.29, 1.82) is 0 Å². The van der Waals surface area contributed by atoms with Crippen molar-refractivity contribution in [2.24, 2.45) is 0 Å². The molecule has 0 fully saturated rings. The first-order chi connectivity index (χ1) is 7.66. The Kier molecular flexibility index (Phi) is 3.19. The van der Waals surface area contributed by atoms with Crippen molar-refractivity contribution >= 4 is 17.0 Å². The van der Waals surface area contributed by atoms with E-state index in [0.717, 1.165) is 22.1 Å². The molecule has 0 saturated heterocycles. The van der Waals surface area contributed by atoms with E-state index in [4.69, 9.17) is 0 Å². The highest BCUT2D eigenvalue weighted by Gasteiger charge is 2.09. The van der Waals surface area contributed by atoms with Gasteiger partial charge in [0.2, 0.25) is 0 Å². The van der Waals surface area contributed by atoms with Crippen molar-refractivity contribution in [2.75, 3.05) is 5.32 Å². The molecule has 0 aliphatic carbocycles. The molecule has 2 heterocycles. The van der Waals surface area contributed by atoms with Crippen LogP contribution in [-0.2, 0) is 0 Å². The van der Waals surface area contributed by atoms with Gasteiger partial charge in [0.1, 0.15) is 0 Å². The predicted octanol–water partition coefficient (Wildman–Crippen LogP) is 3.33. The van der Waals surface area contributed by atoms with Crippen LogP contribution in [0.2, 0.25) is 0 Å². The van der Waals surface area contributed by atoms with Gasteiger partial charge >= 0.3 is 0 Å². The van der Waals surface area contributed by atoms with E-state index in [1.165, 1.54) is 0 Å². The van der Waals surface area contributed by atoms with Crippen LogP contribution in [0.5, 0.6) is 0 Å². The van der Waals surface area contributed by atoms with E-state index in [1.54, 1.807) is 17.5 Å². The lowest BCUT2D eigenvalue weighted by Crippen LogP contribution is -2.08. The summed E-state index contributed by atoms with van der Waals surface area (Å²) < 4.78 is 0. The number of rotatable bonds is 3. The Morgan fingerprint density at radius 3 is 2.81 bits per heavy atom. The SMILES string of the molecule is Cc1nc(C(C)Nc2cccnc2C)cs1. The summed E-state index contributed by atoms with van der Waals surface area (Å²) in [4.78, 5) is 8.72. The van der Waals surface area contributed by atoms with Crippen LogP contribution in [0.25, 0.3) is 0 Å². The molecule has 16 heavy (non-hydrogen) atoms. The number of hydrogen-bond acceptors (Lipinski definition) is 4. The minimum atomic E-state index is 0.216. The zero-order valence-corrected chi connectivity index (χ0v) is 10.5. The van der Waals surface area contributed by atoms with E-state index in [1.807, 2.05) is 26.0 Å². The third kappa shape index (κ3) is 2.39. The molecule has 0 aromatic carbocycles. The summed E-state index contributed by atoms with van der Waals surface area (Å²) in [5, 5.41) is 6.62. The maximum atomic E-state index is 4.47. The third-order valence-electron chi connectivity index (χ3n) is 2.46. The number of anilines is 1. The highest BCUT2D eigenvalue weighted by atomic mass is 32.1. The Morgan fingerprint density at radius 1 is 1.38 bits per heavy atom. The number of nitrogens with one attached hydrogen (secondary N) is 1. The molecule has 0 amide bonds. The minimum absolute atomic E-state index is 0.216. The monoisotopic (exact) mass is 233 g/mol. The van der Waals surface area contributed by atoms with Gasteiger partial charge < -0.3 is 5.32 Å². The van der Waals surface area contributed by atoms with Gasteiger partial charge in [-0.15, -0.1) is 11.3 Å². The van der Waals surface area contributed by atoms with Crippen molar-refractivity contribution < 1.29 is 0 Å². The molecule has 84 valence electrons. The number of aryl methyl sites for hydroxylation is 2. The Labute approximate surface area is 99.6 Å². The highest BCUT2D eigenvalue weighted by molar-refractivity contribution is 7.09. The van der Waals surface area contributed by atoms with E-state index in [0.29, 0.717) is 0 Å². The molecule has 0 aliphatic heterocycles. The Bertz CT molecular complexity index is 479. The second-order valence-corrected chi connectivity index (χ2v) is 4.86. The van der Waals surface area contributed by atoms with Crippen molar-refractivity contribution in [3.05, 3.63) is 40.1 Å². The molecule has 0 spiro atoms. The maximum Gasteiger partial charge on any atom is 0.0898 e. The van der Waals surface area contributed by atoms with Crippen molar-refractivity contribution in [1.82, 2.24) is 9.97 Å². The molecular formula is C12H15N3S. The lowest BCUT2D eigenvalue weighted by Gasteiger charge is -2.14. The average molecular weight is 233 g/mol. The second-order valence-electron chi connectivity index (χ2n) is 3.79. The minimum Gasteiger partial charge on any atom is -0.375 e. The standard InChI is InChI=1S/C12H15N3S/c1-8-11(5-4-6-13-8)14-9(2)12-7-16-10(3)15-12/h4-7,9,14H,1-3H3. The molecule has 1 N–H and O–H groups in total. The lowest BCUT2D eigenvalue weighted by atomic mass is 10.2. The molecule has 4 heteroatoms.